The number of ether oxygens (including phenoxy) is 2. The van der Waals surface area contributed by atoms with E-state index in [1.54, 1.807) is 19.1 Å². The molecule has 1 N–H and O–H groups in total. The fraction of sp³-hybridized carbons (Fsp3) is 0.391. The maximum atomic E-state index is 12.3. The molecule has 1 fully saturated rings. The Morgan fingerprint density at radius 3 is 2.53 bits per heavy atom. The van der Waals surface area contributed by atoms with Gasteiger partial charge in [0.2, 0.25) is 0 Å². The molecular weight excluding hydrogens is 431 g/mol. The zero-order valence-corrected chi connectivity index (χ0v) is 18.8. The van der Waals surface area contributed by atoms with Crippen LogP contribution in [-0.2, 0) is 31.9 Å². The standard InChI is InChI=1S/C23H27N2O6P/c1-17(22(26)30-20-11-7-12-20)25(32-28)31-21-13-6-5-10-19(21)14-15-24-23(27)29-16-18-8-3-2-4-9-18/h2-6,8-10,13,17,20H,7,11-12,14-16H2,1H3,(H,24,27)/t17-/m0/s1. The number of alkyl carbamates (subject to hydrolysis) is 1. The second-order valence-electron chi connectivity index (χ2n) is 7.49. The molecule has 0 radical (unpaired) electrons. The number of para-hydroxylation sites is 1. The van der Waals surface area contributed by atoms with Crippen LogP contribution in [0.1, 0.15) is 37.3 Å². The van der Waals surface area contributed by atoms with E-state index in [2.05, 4.69) is 5.32 Å². The van der Waals surface area contributed by atoms with E-state index in [9.17, 15) is 14.2 Å². The van der Waals surface area contributed by atoms with Gasteiger partial charge in [-0.15, -0.1) is 0 Å². The SMILES string of the molecule is C[C@@H](C(=O)OC1CCC1)N(Oc1ccccc1CCNC(=O)OCc1ccccc1)P=O. The van der Waals surface area contributed by atoms with E-state index < -0.39 is 26.7 Å². The number of amides is 1. The highest BCUT2D eigenvalue weighted by Gasteiger charge is 2.30. The van der Waals surface area contributed by atoms with Crippen LogP contribution >= 0.6 is 8.61 Å². The Kier molecular flexibility index (Phi) is 9.01. The second-order valence-corrected chi connectivity index (χ2v) is 8.05. The Bertz CT molecular complexity index is 906. The molecule has 0 aromatic heterocycles. The molecular formula is C23H27N2O6P. The predicted octanol–water partition coefficient (Wildman–Crippen LogP) is 4.44. The summed E-state index contributed by atoms with van der Waals surface area (Å²) >= 11 is 0. The molecule has 0 saturated heterocycles. The average molecular weight is 458 g/mol. The summed E-state index contributed by atoms with van der Waals surface area (Å²) in [5.41, 5.74) is 1.69. The number of carbonyl (C=O) groups excluding carboxylic acids is 2. The van der Waals surface area contributed by atoms with E-state index in [1.807, 2.05) is 42.5 Å². The first-order valence-corrected chi connectivity index (χ1v) is 11.4. The lowest BCUT2D eigenvalue weighted by atomic mass is 9.96. The molecule has 170 valence electrons. The number of benzene rings is 2. The van der Waals surface area contributed by atoms with Gasteiger partial charge in [-0.3, -0.25) is 9.36 Å². The predicted molar refractivity (Wildman–Crippen MR) is 118 cm³/mol. The van der Waals surface area contributed by atoms with Crippen LogP contribution in [0.2, 0.25) is 0 Å². The molecule has 0 heterocycles. The number of esters is 1. The van der Waals surface area contributed by atoms with Gasteiger partial charge in [0.05, 0.1) is 0 Å². The van der Waals surface area contributed by atoms with Gasteiger partial charge in [0.25, 0.3) is 8.61 Å². The number of hydrogen-bond acceptors (Lipinski definition) is 6. The van der Waals surface area contributed by atoms with E-state index in [-0.39, 0.29) is 12.7 Å². The van der Waals surface area contributed by atoms with Gasteiger partial charge in [-0.2, -0.15) is 0 Å². The van der Waals surface area contributed by atoms with E-state index in [0.29, 0.717) is 18.7 Å². The molecule has 3 rings (SSSR count). The monoisotopic (exact) mass is 458 g/mol. The van der Waals surface area contributed by atoms with Gasteiger partial charge in [0, 0.05) is 6.54 Å². The molecule has 0 unspecified atom stereocenters. The van der Waals surface area contributed by atoms with Crippen LogP contribution in [0.4, 0.5) is 4.79 Å². The largest absolute Gasteiger partial charge is 0.461 e. The first kappa shape index (κ1) is 23.7. The Morgan fingerprint density at radius 2 is 1.84 bits per heavy atom. The van der Waals surface area contributed by atoms with Gasteiger partial charge in [-0.25, -0.2) is 4.79 Å². The second kappa shape index (κ2) is 12.2. The minimum atomic E-state index is -0.839. The van der Waals surface area contributed by atoms with Crippen LogP contribution in [0.25, 0.3) is 0 Å². The van der Waals surface area contributed by atoms with Crippen molar-refractivity contribution in [1.29, 1.82) is 0 Å². The molecule has 0 spiro atoms. The van der Waals surface area contributed by atoms with E-state index in [4.69, 9.17) is 14.3 Å². The van der Waals surface area contributed by atoms with Crippen LogP contribution in [0, 0.1) is 0 Å². The number of rotatable bonds is 11. The summed E-state index contributed by atoms with van der Waals surface area (Å²) in [5, 5.41) is 2.70. The zero-order valence-electron chi connectivity index (χ0n) is 17.9. The van der Waals surface area contributed by atoms with Crippen molar-refractivity contribution >= 4 is 20.7 Å². The van der Waals surface area contributed by atoms with Crippen molar-refractivity contribution in [3.05, 3.63) is 65.7 Å². The lowest BCUT2D eigenvalue weighted by Crippen LogP contribution is -2.39. The van der Waals surface area contributed by atoms with Crippen molar-refractivity contribution in [2.24, 2.45) is 0 Å². The van der Waals surface area contributed by atoms with E-state index in [0.717, 1.165) is 35.2 Å². The zero-order chi connectivity index (χ0) is 22.8. The molecule has 2 aromatic carbocycles. The van der Waals surface area contributed by atoms with Crippen molar-refractivity contribution < 1.29 is 28.5 Å². The molecule has 9 heteroatoms. The van der Waals surface area contributed by atoms with Gasteiger partial charge in [-0.1, -0.05) is 48.5 Å². The van der Waals surface area contributed by atoms with Crippen molar-refractivity contribution in [1.82, 2.24) is 10.2 Å². The molecule has 0 aliphatic heterocycles. The lowest BCUT2D eigenvalue weighted by Gasteiger charge is -2.28. The molecule has 2 aromatic rings. The van der Waals surface area contributed by atoms with Crippen molar-refractivity contribution in [2.75, 3.05) is 6.54 Å². The lowest BCUT2D eigenvalue weighted by molar-refractivity contribution is -0.163. The number of carbonyl (C=O) groups is 2. The fourth-order valence-corrected chi connectivity index (χ4v) is 3.34. The average Bonchev–Trinajstić information content (AvgIpc) is 2.79. The molecule has 1 amide bonds. The van der Waals surface area contributed by atoms with Crippen molar-refractivity contribution in [2.45, 2.75) is 51.4 Å². The smallest absolute Gasteiger partial charge is 0.407 e. The Labute approximate surface area is 189 Å². The third-order valence-corrected chi connectivity index (χ3v) is 5.72. The van der Waals surface area contributed by atoms with Gasteiger partial charge >= 0.3 is 12.1 Å². The van der Waals surface area contributed by atoms with Crippen LogP contribution in [0.5, 0.6) is 5.75 Å². The van der Waals surface area contributed by atoms with E-state index in [1.165, 1.54) is 0 Å². The van der Waals surface area contributed by atoms with Gasteiger partial charge < -0.3 is 19.6 Å². The first-order valence-electron chi connectivity index (χ1n) is 10.6. The van der Waals surface area contributed by atoms with Gasteiger partial charge in [0.15, 0.2) is 11.8 Å². The number of nitrogens with one attached hydrogen (secondary N) is 1. The summed E-state index contributed by atoms with van der Waals surface area (Å²) < 4.78 is 22.2. The number of hydrogen-bond donors (Lipinski definition) is 1. The quantitative estimate of drug-likeness (QED) is 0.302. The van der Waals surface area contributed by atoms with Crippen molar-refractivity contribution in [3.8, 4) is 5.75 Å². The van der Waals surface area contributed by atoms with Crippen molar-refractivity contribution in [3.63, 3.8) is 0 Å². The van der Waals surface area contributed by atoms with E-state index >= 15 is 0 Å². The van der Waals surface area contributed by atoms with Crippen LogP contribution in [0.3, 0.4) is 0 Å². The maximum absolute atomic E-state index is 12.3. The Morgan fingerprint density at radius 1 is 1.12 bits per heavy atom. The summed E-state index contributed by atoms with van der Waals surface area (Å²) in [6.07, 6.45) is 2.65. The highest BCUT2D eigenvalue weighted by molar-refractivity contribution is 7.20. The third kappa shape index (κ3) is 7.04. The fourth-order valence-electron chi connectivity index (χ4n) is 2.98. The third-order valence-electron chi connectivity index (χ3n) is 5.13. The molecule has 1 aliphatic carbocycles. The number of hydroxylamine groups is 1. The molecule has 8 nitrogen and oxygen atoms in total. The minimum absolute atomic E-state index is 0.0601. The van der Waals surface area contributed by atoms with Crippen LogP contribution in [-0.4, -0.2) is 35.6 Å². The van der Waals surface area contributed by atoms with Gasteiger partial charge in [-0.05, 0) is 54.6 Å². The Balaban J connectivity index is 1.49. The summed E-state index contributed by atoms with van der Waals surface area (Å²) in [7, 11) is -0.460. The van der Waals surface area contributed by atoms with Crippen LogP contribution < -0.4 is 10.2 Å². The topological polar surface area (TPSA) is 94.2 Å². The number of nitrogens with zero attached hydrogens (tertiary/aromatic N) is 1. The van der Waals surface area contributed by atoms with Crippen LogP contribution in [0.15, 0.2) is 54.6 Å². The Hall–Kier alpha value is -2.96. The molecule has 1 saturated carbocycles. The highest BCUT2D eigenvalue weighted by atomic mass is 31.1. The van der Waals surface area contributed by atoms with Gasteiger partial charge in [0.1, 0.15) is 12.7 Å². The summed E-state index contributed by atoms with van der Waals surface area (Å²) in [4.78, 5) is 31.0. The summed E-state index contributed by atoms with van der Waals surface area (Å²) in [6, 6.07) is 15.7. The first-order chi connectivity index (χ1) is 15.6. The molecule has 1 aliphatic rings. The molecule has 1 atom stereocenters. The maximum Gasteiger partial charge on any atom is 0.407 e. The molecule has 32 heavy (non-hydrogen) atoms. The molecule has 0 bridgehead atoms. The summed E-state index contributed by atoms with van der Waals surface area (Å²) in [6.45, 7) is 2.10. The minimum Gasteiger partial charge on any atom is -0.461 e. The normalized spacial score (nSPS) is 14.4. The summed E-state index contributed by atoms with van der Waals surface area (Å²) in [5.74, 6) is -0.0306. The highest BCUT2D eigenvalue weighted by Crippen LogP contribution is 2.26.